The molecule has 44 heavy (non-hydrogen) atoms. The summed E-state index contributed by atoms with van der Waals surface area (Å²) in [5.41, 5.74) is 6.12. The fraction of sp³-hybridized carbons (Fsp3) is 0.250. The molecule has 0 saturated carbocycles. The Balaban J connectivity index is 1.69. The second-order valence-corrected chi connectivity index (χ2v) is 11.2. The van der Waals surface area contributed by atoms with Crippen LogP contribution in [0.15, 0.2) is 84.9 Å². The zero-order chi connectivity index (χ0) is 31.4. The lowest BCUT2D eigenvalue weighted by Gasteiger charge is -2.21. The highest BCUT2D eigenvalue weighted by Crippen LogP contribution is 2.43. The summed E-state index contributed by atoms with van der Waals surface area (Å²) in [6.45, 7) is 4.89. The average Bonchev–Trinajstić information content (AvgIpc) is 3.60. The summed E-state index contributed by atoms with van der Waals surface area (Å²) >= 11 is 0. The molecule has 0 saturated heterocycles. The van der Waals surface area contributed by atoms with E-state index in [2.05, 4.69) is 4.74 Å². The van der Waals surface area contributed by atoms with Crippen molar-refractivity contribution < 1.29 is 28.6 Å². The minimum absolute atomic E-state index is 0.156. The van der Waals surface area contributed by atoms with E-state index in [1.54, 1.807) is 18.2 Å². The van der Waals surface area contributed by atoms with E-state index in [1.165, 1.54) is 25.3 Å². The molecule has 0 bridgehead atoms. The molecule has 1 aliphatic heterocycles. The summed E-state index contributed by atoms with van der Waals surface area (Å²) in [7, 11) is 1.22. The van der Waals surface area contributed by atoms with Crippen LogP contribution in [-0.4, -0.2) is 45.4 Å². The highest BCUT2D eigenvalue weighted by Gasteiger charge is 2.33. The highest BCUT2D eigenvalue weighted by molar-refractivity contribution is 6.07. The first-order chi connectivity index (χ1) is 21.2. The number of esters is 1. The van der Waals surface area contributed by atoms with Gasteiger partial charge in [-0.05, 0) is 60.4 Å². The molecular weight excluding hydrogens is 559 g/mol. The largest absolute Gasteiger partial charge is 0.469 e. The standard InChI is InChI=1S/C36H35FN2O5/c1-23(2)39-31(18-17-29(40)19-30(41)20-32(42)44-3)33(25-13-15-28(37)16-14-25)34(24-9-5-4-6-10-24)35(39)36(43)38-21-26-11-7-8-12-27(26)22-38/h4-18,23,30,41H,19-22H2,1-3H3/b18-17+/t30-/m1/s1. The van der Waals surface area contributed by atoms with Gasteiger partial charge in [0, 0.05) is 36.7 Å². The van der Waals surface area contributed by atoms with Crippen LogP contribution in [0.4, 0.5) is 4.39 Å². The molecule has 8 heteroatoms. The Hall–Kier alpha value is -4.82. The molecule has 2 heterocycles. The number of hydrogen-bond acceptors (Lipinski definition) is 5. The molecule has 0 aliphatic carbocycles. The Bertz CT molecular complexity index is 1680. The zero-order valence-electron chi connectivity index (χ0n) is 25.0. The Morgan fingerprint density at radius 3 is 2.05 bits per heavy atom. The van der Waals surface area contributed by atoms with Gasteiger partial charge in [-0.3, -0.25) is 14.4 Å². The summed E-state index contributed by atoms with van der Waals surface area (Å²) < 4.78 is 20.6. The molecule has 0 fully saturated rings. The van der Waals surface area contributed by atoms with E-state index in [0.717, 1.165) is 16.7 Å². The van der Waals surface area contributed by atoms with Crippen LogP contribution in [0, 0.1) is 5.82 Å². The number of ether oxygens (including phenoxy) is 1. The van der Waals surface area contributed by atoms with Crippen LogP contribution in [0.1, 0.15) is 60.0 Å². The molecule has 0 radical (unpaired) electrons. The number of hydrogen-bond donors (Lipinski definition) is 1. The first-order valence-electron chi connectivity index (χ1n) is 14.6. The Morgan fingerprint density at radius 1 is 0.864 bits per heavy atom. The second-order valence-electron chi connectivity index (χ2n) is 11.2. The molecule has 5 rings (SSSR count). The number of amides is 1. The molecule has 1 amide bonds. The van der Waals surface area contributed by atoms with Gasteiger partial charge >= 0.3 is 5.97 Å². The predicted octanol–water partition coefficient (Wildman–Crippen LogP) is 6.59. The maximum Gasteiger partial charge on any atom is 0.308 e. The summed E-state index contributed by atoms with van der Waals surface area (Å²) in [6.07, 6.45) is 1.24. The van der Waals surface area contributed by atoms with Gasteiger partial charge in [-0.15, -0.1) is 0 Å². The van der Waals surface area contributed by atoms with Crippen molar-refractivity contribution in [2.45, 2.75) is 51.9 Å². The van der Waals surface area contributed by atoms with Crippen molar-refractivity contribution in [1.82, 2.24) is 9.47 Å². The van der Waals surface area contributed by atoms with Crippen LogP contribution in [-0.2, 0) is 27.4 Å². The summed E-state index contributed by atoms with van der Waals surface area (Å²) in [4.78, 5) is 40.9. The second kappa shape index (κ2) is 13.2. The number of fused-ring (bicyclic) bond motifs is 1. The van der Waals surface area contributed by atoms with Crippen LogP contribution in [0.25, 0.3) is 28.3 Å². The Morgan fingerprint density at radius 2 is 1.45 bits per heavy atom. The van der Waals surface area contributed by atoms with Crippen LogP contribution in [0.3, 0.4) is 0 Å². The summed E-state index contributed by atoms with van der Waals surface area (Å²) in [6, 6.07) is 23.4. The number of allylic oxidation sites excluding steroid dienone is 1. The molecule has 0 spiro atoms. The van der Waals surface area contributed by atoms with Crippen molar-refractivity contribution in [1.29, 1.82) is 0 Å². The Labute approximate surface area is 256 Å². The van der Waals surface area contributed by atoms with Gasteiger partial charge in [0.2, 0.25) is 0 Å². The van der Waals surface area contributed by atoms with Gasteiger partial charge in [-0.25, -0.2) is 4.39 Å². The van der Waals surface area contributed by atoms with Gasteiger partial charge < -0.3 is 19.3 Å². The molecule has 1 aliphatic rings. The first-order valence-corrected chi connectivity index (χ1v) is 14.6. The van der Waals surface area contributed by atoms with Gasteiger partial charge in [0.25, 0.3) is 5.91 Å². The normalized spacial score (nSPS) is 13.4. The van der Waals surface area contributed by atoms with Crippen molar-refractivity contribution >= 4 is 23.7 Å². The van der Waals surface area contributed by atoms with Gasteiger partial charge in [0.05, 0.1) is 25.3 Å². The van der Waals surface area contributed by atoms with E-state index < -0.39 is 23.7 Å². The van der Waals surface area contributed by atoms with Crippen LogP contribution >= 0.6 is 0 Å². The quantitative estimate of drug-likeness (QED) is 0.165. The number of benzene rings is 3. The van der Waals surface area contributed by atoms with Gasteiger partial charge in [0.15, 0.2) is 5.78 Å². The van der Waals surface area contributed by atoms with E-state index in [4.69, 9.17) is 0 Å². The smallest absolute Gasteiger partial charge is 0.308 e. The van der Waals surface area contributed by atoms with Crippen molar-refractivity contribution in [3.8, 4) is 22.3 Å². The molecule has 3 aromatic carbocycles. The van der Waals surface area contributed by atoms with Crippen LogP contribution in [0.2, 0.25) is 0 Å². The number of ketones is 1. The van der Waals surface area contributed by atoms with E-state index in [-0.39, 0.29) is 24.8 Å². The lowest BCUT2D eigenvalue weighted by Crippen LogP contribution is -2.29. The van der Waals surface area contributed by atoms with E-state index in [9.17, 15) is 23.9 Å². The first kappa shape index (κ1) is 30.6. The number of aliphatic hydroxyl groups is 1. The average molecular weight is 595 g/mol. The maximum atomic E-state index is 14.6. The molecule has 1 aromatic heterocycles. The number of carbonyl (C=O) groups excluding carboxylic acids is 3. The van der Waals surface area contributed by atoms with Crippen LogP contribution < -0.4 is 0 Å². The van der Waals surface area contributed by atoms with Crippen molar-refractivity contribution in [3.63, 3.8) is 0 Å². The number of methoxy groups -OCH3 is 1. The number of halogens is 1. The fourth-order valence-corrected chi connectivity index (χ4v) is 5.76. The molecule has 226 valence electrons. The van der Waals surface area contributed by atoms with E-state index >= 15 is 0 Å². The van der Waals surface area contributed by atoms with Gasteiger partial charge in [-0.1, -0.05) is 66.7 Å². The third kappa shape index (κ3) is 6.40. The third-order valence-electron chi connectivity index (χ3n) is 7.78. The van der Waals surface area contributed by atoms with E-state index in [0.29, 0.717) is 41.2 Å². The lowest BCUT2D eigenvalue weighted by atomic mass is 9.94. The molecular formula is C36H35FN2O5. The van der Waals surface area contributed by atoms with Crippen molar-refractivity contribution in [2.24, 2.45) is 0 Å². The molecule has 7 nitrogen and oxygen atoms in total. The monoisotopic (exact) mass is 594 g/mol. The van der Waals surface area contributed by atoms with E-state index in [1.807, 2.05) is 77.9 Å². The number of carbonyl (C=O) groups is 3. The SMILES string of the molecule is COC(=O)C[C@H](O)CC(=O)/C=C/c1c(-c2ccc(F)cc2)c(-c2ccccc2)c(C(=O)N2Cc3ccccc3C2)n1C(C)C. The number of aromatic nitrogens is 1. The minimum atomic E-state index is -1.19. The number of nitrogens with zero attached hydrogens (tertiary/aromatic N) is 2. The molecule has 1 atom stereocenters. The Kier molecular flexibility index (Phi) is 9.20. The third-order valence-corrected chi connectivity index (χ3v) is 7.78. The van der Waals surface area contributed by atoms with Crippen molar-refractivity contribution in [3.05, 3.63) is 113 Å². The minimum Gasteiger partial charge on any atom is -0.469 e. The van der Waals surface area contributed by atoms with Crippen LogP contribution in [0.5, 0.6) is 0 Å². The fourth-order valence-electron chi connectivity index (χ4n) is 5.76. The van der Waals surface area contributed by atoms with Gasteiger partial charge in [-0.2, -0.15) is 0 Å². The van der Waals surface area contributed by atoms with Gasteiger partial charge in [0.1, 0.15) is 11.5 Å². The topological polar surface area (TPSA) is 88.8 Å². The number of rotatable bonds is 10. The predicted molar refractivity (Wildman–Crippen MR) is 167 cm³/mol. The molecule has 0 unspecified atom stereocenters. The molecule has 1 N–H and O–H groups in total. The summed E-state index contributed by atoms with van der Waals surface area (Å²) in [5.74, 6) is -1.55. The van der Waals surface area contributed by atoms with Crippen molar-refractivity contribution in [2.75, 3.05) is 7.11 Å². The number of aliphatic hydroxyl groups excluding tert-OH is 1. The highest BCUT2D eigenvalue weighted by atomic mass is 19.1. The molecule has 4 aromatic rings. The zero-order valence-corrected chi connectivity index (χ0v) is 25.0. The lowest BCUT2D eigenvalue weighted by molar-refractivity contribution is -0.143. The maximum absolute atomic E-state index is 14.6. The summed E-state index contributed by atoms with van der Waals surface area (Å²) in [5, 5.41) is 10.2.